The van der Waals surface area contributed by atoms with Gasteiger partial charge in [-0.05, 0) is 54.9 Å². The number of rotatable bonds is 2. The van der Waals surface area contributed by atoms with Crippen molar-refractivity contribution in [1.29, 1.82) is 0 Å². The van der Waals surface area contributed by atoms with Gasteiger partial charge in [-0.25, -0.2) is 4.98 Å². The first-order chi connectivity index (χ1) is 15.8. The van der Waals surface area contributed by atoms with Crippen LogP contribution in [0.4, 0.5) is 0 Å². The van der Waals surface area contributed by atoms with Gasteiger partial charge in [0.2, 0.25) is 0 Å². The molecule has 146 valence electrons. The smallest absolute Gasteiger partial charge is 0.144 e. The fourth-order valence-electron chi connectivity index (χ4n) is 3.65. The molecule has 0 saturated carbocycles. The molecule has 0 aliphatic carbocycles. The molecule has 0 unspecified atom stereocenters. The van der Waals surface area contributed by atoms with Gasteiger partial charge >= 0.3 is 0 Å². The predicted octanol–water partition coefficient (Wildman–Crippen LogP) is 7.46. The average molecular weight is 406 g/mol. The number of hydrogen-bond donors (Lipinski definition) is 0. The molecule has 29 heavy (non-hydrogen) atoms. The summed E-state index contributed by atoms with van der Waals surface area (Å²) in [6.45, 7) is 4.78. The predicted molar refractivity (Wildman–Crippen MR) is 123 cm³/mol. The van der Waals surface area contributed by atoms with Crippen molar-refractivity contribution in [2.75, 3.05) is 0 Å². The van der Waals surface area contributed by atoms with Crippen LogP contribution in [0.5, 0.6) is 0 Å². The van der Waals surface area contributed by atoms with E-state index in [2.05, 4.69) is 16.0 Å². The fourth-order valence-corrected chi connectivity index (χ4v) is 4.49. The van der Waals surface area contributed by atoms with Crippen LogP contribution in [0.15, 0.2) is 47.0 Å². The van der Waals surface area contributed by atoms with Crippen LogP contribution >= 0.6 is 11.3 Å². The lowest BCUT2D eigenvalue weighted by atomic mass is 9.86. The molecule has 0 saturated heterocycles. The van der Waals surface area contributed by atoms with Crippen LogP contribution in [0.2, 0.25) is 0 Å². The quantitative estimate of drug-likeness (QED) is 0.306. The third-order valence-corrected chi connectivity index (χ3v) is 5.74. The second kappa shape index (κ2) is 6.39. The summed E-state index contributed by atoms with van der Waals surface area (Å²) in [4.78, 5) is 9.01. The maximum Gasteiger partial charge on any atom is 0.144 e. The number of furan rings is 1. The third-order valence-electron chi connectivity index (χ3n) is 4.80. The summed E-state index contributed by atoms with van der Waals surface area (Å²) >= 11 is 1.63. The Morgan fingerprint density at radius 1 is 1.17 bits per heavy atom. The summed E-state index contributed by atoms with van der Waals surface area (Å²) in [6.07, 6.45) is -0.616. The molecule has 3 heterocycles. The van der Waals surface area contributed by atoms with Crippen LogP contribution in [0.25, 0.3) is 43.4 Å². The maximum atomic E-state index is 8.79. The lowest BCUT2D eigenvalue weighted by molar-refractivity contribution is 0.410. The van der Waals surface area contributed by atoms with Crippen LogP contribution in [0, 0.1) is 19.2 Å². The number of pyridine rings is 1. The molecule has 0 amide bonds. The molecule has 0 N–H and O–H groups in total. The van der Waals surface area contributed by atoms with Crippen LogP contribution in [-0.4, -0.2) is 9.97 Å². The van der Waals surface area contributed by atoms with E-state index < -0.39 is 18.6 Å². The molecule has 0 spiro atoms. The molecule has 0 bridgehead atoms. The Labute approximate surface area is 181 Å². The topological polar surface area (TPSA) is 38.9 Å². The summed E-state index contributed by atoms with van der Waals surface area (Å²) in [5, 5.41) is 2.88. The van der Waals surface area contributed by atoms with Gasteiger partial charge in [0, 0.05) is 35.5 Å². The third kappa shape index (κ3) is 3.22. The Balaban J connectivity index is 1.77. The highest BCUT2D eigenvalue weighted by Crippen LogP contribution is 2.38. The van der Waals surface area contributed by atoms with Gasteiger partial charge in [-0.1, -0.05) is 32.9 Å². The Bertz CT molecular complexity index is 1570. The van der Waals surface area contributed by atoms with Crippen molar-refractivity contribution in [3.8, 4) is 11.3 Å². The molecular weight excluding hydrogens is 376 g/mol. The number of aryl methyl sites for hydroxylation is 2. The molecule has 0 atom stereocenters. The van der Waals surface area contributed by atoms with Gasteiger partial charge in [-0.3, -0.25) is 4.98 Å². The summed E-state index contributed by atoms with van der Waals surface area (Å²) in [5.74, 6) is 0. The molecule has 0 aliphatic rings. The molecular formula is C25H24N2OS. The van der Waals surface area contributed by atoms with Crippen LogP contribution in [0.1, 0.15) is 43.8 Å². The number of fused-ring (bicyclic) bond motifs is 4. The molecule has 0 radical (unpaired) electrons. The van der Waals surface area contributed by atoms with Crippen molar-refractivity contribution in [2.24, 2.45) is 5.41 Å². The van der Waals surface area contributed by atoms with E-state index in [1.807, 2.05) is 31.2 Å². The highest BCUT2D eigenvalue weighted by molar-refractivity contribution is 7.18. The van der Waals surface area contributed by atoms with Crippen LogP contribution in [0.3, 0.4) is 0 Å². The Morgan fingerprint density at radius 2 is 2.03 bits per heavy atom. The fraction of sp³-hybridized carbons (Fsp3) is 0.280. The molecule has 0 aliphatic heterocycles. The molecule has 5 rings (SSSR count). The van der Waals surface area contributed by atoms with Crippen molar-refractivity contribution in [3.05, 3.63) is 58.7 Å². The Morgan fingerprint density at radius 3 is 2.83 bits per heavy atom. The molecule has 3 aromatic heterocycles. The first-order valence-electron chi connectivity index (χ1n) is 12.0. The van der Waals surface area contributed by atoms with Crippen molar-refractivity contribution in [3.63, 3.8) is 0 Å². The number of aromatic nitrogens is 2. The lowest BCUT2D eigenvalue weighted by Gasteiger charge is -2.20. The van der Waals surface area contributed by atoms with E-state index in [1.54, 1.807) is 38.2 Å². The summed E-state index contributed by atoms with van der Waals surface area (Å²) < 4.78 is 48.8. The van der Waals surface area contributed by atoms with Crippen LogP contribution in [-0.2, 0) is 6.37 Å². The SMILES string of the molecule is [2H]C([2H])([2H])c1cnc(-c2cccc3c2oc2cc4nc(C)sc4cc23)cc1C([2H])([2H])C(C)(C)C. The Hall–Kier alpha value is -2.72. The summed E-state index contributed by atoms with van der Waals surface area (Å²) in [7, 11) is 0. The monoisotopic (exact) mass is 405 g/mol. The second-order valence-corrected chi connectivity index (χ2v) is 9.56. The largest absolute Gasteiger partial charge is 0.455 e. The minimum Gasteiger partial charge on any atom is -0.455 e. The van der Waals surface area contributed by atoms with Crippen molar-refractivity contribution < 1.29 is 11.3 Å². The second-order valence-electron chi connectivity index (χ2n) is 8.32. The summed E-state index contributed by atoms with van der Waals surface area (Å²) in [6, 6.07) is 11.3. The molecule has 0 fully saturated rings. The van der Waals surface area contributed by atoms with E-state index in [0.29, 0.717) is 22.4 Å². The number of nitrogens with zero attached hydrogens (tertiary/aromatic N) is 2. The van der Waals surface area contributed by atoms with E-state index in [4.69, 9.17) is 11.3 Å². The van der Waals surface area contributed by atoms with E-state index >= 15 is 0 Å². The molecule has 2 aromatic carbocycles. The summed E-state index contributed by atoms with van der Waals surface area (Å²) in [5.41, 5.74) is 2.60. The number of hydrogen-bond acceptors (Lipinski definition) is 4. The molecule has 4 heteroatoms. The van der Waals surface area contributed by atoms with Gasteiger partial charge in [-0.15, -0.1) is 11.3 Å². The van der Waals surface area contributed by atoms with E-state index in [-0.39, 0.29) is 11.1 Å². The van der Waals surface area contributed by atoms with Crippen molar-refractivity contribution in [1.82, 2.24) is 9.97 Å². The van der Waals surface area contributed by atoms with E-state index in [1.165, 1.54) is 6.20 Å². The van der Waals surface area contributed by atoms with Crippen molar-refractivity contribution >= 4 is 43.5 Å². The van der Waals surface area contributed by atoms with Gasteiger partial charge in [0.1, 0.15) is 11.2 Å². The highest BCUT2D eigenvalue weighted by atomic mass is 32.1. The zero-order chi connectivity index (χ0) is 24.6. The van der Waals surface area contributed by atoms with Gasteiger partial charge in [-0.2, -0.15) is 0 Å². The molecule has 3 nitrogen and oxygen atoms in total. The first kappa shape index (κ1) is 13.5. The lowest BCUT2D eigenvalue weighted by Crippen LogP contribution is -2.10. The maximum absolute atomic E-state index is 8.79. The number of para-hydroxylation sites is 1. The highest BCUT2D eigenvalue weighted by Gasteiger charge is 2.17. The van der Waals surface area contributed by atoms with Crippen molar-refractivity contribution in [2.45, 2.75) is 40.9 Å². The minimum atomic E-state index is -2.48. The van der Waals surface area contributed by atoms with Gasteiger partial charge in [0.25, 0.3) is 0 Å². The number of thiazole rings is 1. The van der Waals surface area contributed by atoms with E-state index in [0.717, 1.165) is 26.0 Å². The standard InChI is InChI=1S/C25H24N2OS/c1-14-13-26-20(9-16(14)12-25(3,4)5)18-8-6-7-17-19-10-23-21(27-15(2)29-23)11-22(19)28-24(17)18/h6-11,13H,12H2,1-5H3/i1D3,12D2. The normalized spacial score (nSPS) is 15.9. The zero-order valence-electron chi connectivity index (χ0n) is 21.8. The minimum absolute atomic E-state index is 0.0744. The molecule has 5 aromatic rings. The Kier molecular flexibility index (Phi) is 2.97. The van der Waals surface area contributed by atoms with Crippen LogP contribution < -0.4 is 0 Å². The first-order valence-corrected chi connectivity index (χ1v) is 10.3. The van der Waals surface area contributed by atoms with E-state index in [9.17, 15) is 0 Å². The van der Waals surface area contributed by atoms with Gasteiger partial charge in [0.15, 0.2) is 0 Å². The average Bonchev–Trinajstić information content (AvgIpc) is 3.28. The van der Waals surface area contributed by atoms with Gasteiger partial charge in [0.05, 0.1) is 20.9 Å². The number of benzene rings is 2. The van der Waals surface area contributed by atoms with Gasteiger partial charge < -0.3 is 4.42 Å². The zero-order valence-corrected chi connectivity index (χ0v) is 17.6.